The average Bonchev–Trinajstić information content (AvgIpc) is 1.51. The third-order valence-corrected chi connectivity index (χ3v) is 19.7. The van der Waals surface area contributed by atoms with Crippen LogP contribution in [0.4, 0.5) is 0 Å². The fourth-order valence-corrected chi connectivity index (χ4v) is 16.2. The van der Waals surface area contributed by atoms with Crippen molar-refractivity contribution in [2.75, 3.05) is 0 Å². The zero-order chi connectivity index (χ0) is 61.9. The second-order valence-corrected chi connectivity index (χ2v) is 24.5. The first kappa shape index (κ1) is 51.7. The molecule has 94 heavy (non-hydrogen) atoms. The molecule has 0 saturated heterocycles. The van der Waals surface area contributed by atoms with Crippen LogP contribution in [0.25, 0.3) is 176 Å². The van der Waals surface area contributed by atoms with Crippen LogP contribution in [0.3, 0.4) is 0 Å². The molecule has 6 heterocycles. The topological polar surface area (TPSA) is 77.2 Å². The smallest absolute Gasteiger partial charge is 0.104 e. The Morgan fingerprint density at radius 1 is 0.213 bits per heavy atom. The Kier molecular flexibility index (Phi) is 10.8. The highest BCUT2D eigenvalue weighted by Crippen LogP contribution is 2.54. The van der Waals surface area contributed by atoms with Crippen LogP contribution in [0.15, 0.2) is 303 Å². The summed E-state index contributed by atoms with van der Waals surface area (Å²) in [7, 11) is 0. The summed E-state index contributed by atoms with van der Waals surface area (Å²) >= 11 is 0. The van der Waals surface area contributed by atoms with E-state index in [1.807, 2.05) is 18.2 Å². The van der Waals surface area contributed by atoms with Gasteiger partial charge in [-0.25, -0.2) is 0 Å². The lowest BCUT2D eigenvalue weighted by molar-refractivity contribution is 1.12. The third-order valence-electron chi connectivity index (χ3n) is 19.7. The fourth-order valence-electron chi connectivity index (χ4n) is 16.2. The van der Waals surface area contributed by atoms with Crippen LogP contribution in [0.1, 0.15) is 11.1 Å². The van der Waals surface area contributed by atoms with Crippen molar-refractivity contribution >= 4 is 131 Å². The quantitative estimate of drug-likeness (QED) is 0.159. The molecular weight excluding hydrogens is 1150 g/mol. The predicted molar refractivity (Wildman–Crippen MR) is 387 cm³/mol. The number of aromatic nitrogens is 6. The van der Waals surface area contributed by atoms with Gasteiger partial charge in [0.15, 0.2) is 0 Å². The molecule has 20 aromatic rings. The molecule has 0 saturated carbocycles. The van der Waals surface area contributed by atoms with Gasteiger partial charge in [0.05, 0.1) is 89.2 Å². The molecule has 0 amide bonds. The minimum atomic E-state index is 0.484. The number of nitrogens with zero attached hydrogens (tertiary/aromatic N) is 8. The van der Waals surface area contributed by atoms with Gasteiger partial charge in [-0.3, -0.25) is 0 Å². The summed E-state index contributed by atoms with van der Waals surface area (Å²) in [5.74, 6) is 0. The number of hydrogen-bond acceptors (Lipinski definition) is 2. The Labute approximate surface area is 537 Å². The predicted octanol–water partition coefficient (Wildman–Crippen LogP) is 21.7. The van der Waals surface area contributed by atoms with E-state index in [-0.39, 0.29) is 0 Å². The van der Waals surface area contributed by atoms with Crippen molar-refractivity contribution in [1.29, 1.82) is 10.5 Å². The molecular formula is C86H50N8. The minimum Gasteiger partial charge on any atom is -0.308 e. The number of fused-ring (bicyclic) bond motifs is 24. The highest BCUT2D eigenvalue weighted by atomic mass is 15.1. The number of rotatable bonds is 7. The van der Waals surface area contributed by atoms with Crippen LogP contribution in [-0.4, -0.2) is 27.4 Å². The summed E-state index contributed by atoms with van der Waals surface area (Å²) in [6.45, 7) is 0. The molecule has 0 atom stereocenters. The number of benzene rings is 14. The molecule has 0 aliphatic rings. The molecule has 6 aromatic heterocycles. The molecule has 20 rings (SSSR count). The van der Waals surface area contributed by atoms with Crippen LogP contribution >= 0.6 is 0 Å². The van der Waals surface area contributed by atoms with E-state index in [1.54, 1.807) is 0 Å². The first-order valence-corrected chi connectivity index (χ1v) is 31.8. The van der Waals surface area contributed by atoms with Gasteiger partial charge in [0.2, 0.25) is 0 Å². The maximum atomic E-state index is 12.9. The molecule has 14 aromatic carbocycles. The van der Waals surface area contributed by atoms with Gasteiger partial charge in [-0.2, -0.15) is 10.5 Å². The maximum Gasteiger partial charge on any atom is 0.104 e. The van der Waals surface area contributed by atoms with Crippen molar-refractivity contribution in [3.05, 3.63) is 314 Å². The Hall–Kier alpha value is -13.1. The van der Waals surface area contributed by atoms with E-state index in [0.29, 0.717) is 22.5 Å². The fraction of sp³-hybridized carbons (Fsp3) is 0. The Bertz CT molecular complexity index is 6210. The van der Waals surface area contributed by atoms with E-state index in [9.17, 15) is 10.5 Å². The molecule has 0 aliphatic carbocycles. The summed E-state index contributed by atoms with van der Waals surface area (Å²) in [6, 6.07) is 114. The van der Waals surface area contributed by atoms with Gasteiger partial charge in [-0.05, 0) is 120 Å². The van der Waals surface area contributed by atoms with Crippen molar-refractivity contribution < 1.29 is 0 Å². The van der Waals surface area contributed by atoms with Gasteiger partial charge in [-0.15, -0.1) is 0 Å². The van der Waals surface area contributed by atoms with Crippen LogP contribution < -0.4 is 0 Å². The highest BCUT2D eigenvalue weighted by Gasteiger charge is 2.33. The zero-order valence-corrected chi connectivity index (χ0v) is 50.4. The Balaban J connectivity index is 1.05. The number of para-hydroxylation sites is 10. The second kappa shape index (κ2) is 19.7. The van der Waals surface area contributed by atoms with Crippen LogP contribution in [0.5, 0.6) is 0 Å². The summed E-state index contributed by atoms with van der Waals surface area (Å²) in [5.41, 5.74) is 20.7. The zero-order valence-electron chi connectivity index (χ0n) is 50.4. The molecule has 0 spiro atoms. The van der Waals surface area contributed by atoms with Crippen LogP contribution in [-0.2, 0) is 0 Å². The van der Waals surface area contributed by atoms with Gasteiger partial charge in [0.1, 0.15) is 11.6 Å². The molecule has 0 unspecified atom stereocenters. The van der Waals surface area contributed by atoms with Crippen molar-refractivity contribution in [2.45, 2.75) is 0 Å². The summed E-state index contributed by atoms with van der Waals surface area (Å²) in [4.78, 5) is 0. The first-order chi connectivity index (χ1) is 46.7. The first-order valence-electron chi connectivity index (χ1n) is 31.8. The van der Waals surface area contributed by atoms with Gasteiger partial charge >= 0.3 is 0 Å². The number of hydrogen-bond donors (Lipinski definition) is 0. The average molecular weight is 1200 g/mol. The minimum absolute atomic E-state index is 0.484. The maximum absolute atomic E-state index is 12.9. The van der Waals surface area contributed by atoms with Crippen LogP contribution in [0.2, 0.25) is 0 Å². The molecule has 0 aliphatic heterocycles. The second-order valence-electron chi connectivity index (χ2n) is 24.5. The van der Waals surface area contributed by atoms with E-state index in [0.717, 1.165) is 165 Å². The van der Waals surface area contributed by atoms with E-state index >= 15 is 0 Å². The van der Waals surface area contributed by atoms with E-state index in [1.165, 1.54) is 0 Å². The summed E-state index contributed by atoms with van der Waals surface area (Å²) in [6.07, 6.45) is 0. The normalized spacial score (nSPS) is 12.0. The van der Waals surface area contributed by atoms with Gasteiger partial charge < -0.3 is 27.4 Å². The standard InChI is InChI=1S/C86H50N8/c87-51-53-26-25-27-54(48-53)55-49-73(93-71-46-23-17-40-64(71)79-83-75(60-36-13-19-42-67(60)89(83)56-28-5-1-6-29-56)81-77(85(79)93)62-38-15-21-44-69(62)91(81)58-32-9-3-10-33-58)66(52-88)74(50-55)94-72-47-24-18-41-65(72)80-84-76(61-37-14-20-43-68(61)90(84)57-30-7-2-8-31-57)82-78(86(80)94)63-39-16-22-45-70(63)92(82)59-34-11-4-12-35-59/h1-50H. The SMILES string of the molecule is N#Cc1cccc(-c2cc(-n3c4ccccc4c4c5c(c6ccccc6n5-c5ccccc5)c5c(c6ccccc6n5-c5ccccc5)c43)c(C#N)c(-n3c4ccccc4c4c5c(c6ccccc6n5-c5ccccc5)c5c(c6ccccc6n5-c5ccccc5)c43)c2)c1. The molecule has 8 nitrogen and oxygen atoms in total. The molecule has 0 N–H and O–H groups in total. The Morgan fingerprint density at radius 2 is 0.468 bits per heavy atom. The van der Waals surface area contributed by atoms with Crippen molar-refractivity contribution in [3.63, 3.8) is 0 Å². The van der Waals surface area contributed by atoms with Gasteiger partial charge in [0.25, 0.3) is 0 Å². The monoisotopic (exact) mass is 1190 g/mol. The molecule has 8 heteroatoms. The van der Waals surface area contributed by atoms with E-state index in [4.69, 9.17) is 0 Å². The van der Waals surface area contributed by atoms with E-state index < -0.39 is 0 Å². The highest BCUT2D eigenvalue weighted by molar-refractivity contribution is 6.42. The van der Waals surface area contributed by atoms with Crippen molar-refractivity contribution in [3.8, 4) is 57.4 Å². The lowest BCUT2D eigenvalue weighted by atomic mass is 9.98. The van der Waals surface area contributed by atoms with Crippen LogP contribution in [0, 0.1) is 22.7 Å². The summed E-state index contributed by atoms with van der Waals surface area (Å²) in [5, 5.41) is 36.7. The van der Waals surface area contributed by atoms with Gasteiger partial charge in [-0.1, -0.05) is 194 Å². The number of nitriles is 2. The molecule has 0 fully saturated rings. The molecule has 0 radical (unpaired) electrons. The van der Waals surface area contributed by atoms with Crippen molar-refractivity contribution in [2.24, 2.45) is 0 Å². The van der Waals surface area contributed by atoms with Gasteiger partial charge in [0, 0.05) is 87.4 Å². The summed E-state index contributed by atoms with van der Waals surface area (Å²) < 4.78 is 14.7. The largest absolute Gasteiger partial charge is 0.308 e. The van der Waals surface area contributed by atoms with E-state index in [2.05, 4.69) is 325 Å². The Morgan fingerprint density at radius 3 is 0.745 bits per heavy atom. The molecule has 434 valence electrons. The third kappa shape index (κ3) is 6.92. The molecule has 0 bridgehead atoms. The lowest BCUT2D eigenvalue weighted by Gasteiger charge is -2.19. The van der Waals surface area contributed by atoms with Crippen molar-refractivity contribution in [1.82, 2.24) is 27.4 Å². The lowest BCUT2D eigenvalue weighted by Crippen LogP contribution is -2.06.